The molecule has 3 aromatic carbocycles. The van der Waals surface area contributed by atoms with E-state index in [4.69, 9.17) is 11.0 Å². The first-order chi connectivity index (χ1) is 22.8. The topological polar surface area (TPSA) is 155 Å². The van der Waals surface area contributed by atoms with Crippen LogP contribution in [0.1, 0.15) is 47.2 Å². The van der Waals surface area contributed by atoms with Crippen molar-refractivity contribution in [3.8, 4) is 16.5 Å². The quantitative estimate of drug-likeness (QED) is 0.189. The maximum absolute atomic E-state index is 13.6. The number of aromatic nitrogens is 3. The van der Waals surface area contributed by atoms with Gasteiger partial charge in [-0.1, -0.05) is 42.5 Å². The molecule has 0 aliphatic rings. The van der Waals surface area contributed by atoms with Crippen molar-refractivity contribution in [2.45, 2.75) is 13.1 Å². The molecular formula is C36H28N6O4S. The molecular weight excluding hydrogens is 613 g/mol. The van der Waals surface area contributed by atoms with Crippen LogP contribution in [-0.2, 0) is 13.1 Å². The van der Waals surface area contributed by atoms with Gasteiger partial charge in [-0.25, -0.2) is 9.78 Å². The lowest BCUT2D eigenvalue weighted by Gasteiger charge is -2.24. The number of imidazole rings is 1. The number of nitriles is 1. The third-order valence-corrected chi connectivity index (χ3v) is 8.17. The summed E-state index contributed by atoms with van der Waals surface area (Å²) in [4.78, 5) is 46.2. The summed E-state index contributed by atoms with van der Waals surface area (Å²) < 4.78 is 1.99. The third-order valence-electron chi connectivity index (χ3n) is 7.05. The highest BCUT2D eigenvalue weighted by atomic mass is 32.1. The summed E-state index contributed by atoms with van der Waals surface area (Å²) in [5.74, 6) is -1.54. The highest BCUT2D eigenvalue weighted by Gasteiger charge is 2.20. The van der Waals surface area contributed by atoms with E-state index in [1.165, 1.54) is 17.5 Å². The van der Waals surface area contributed by atoms with E-state index in [2.05, 4.69) is 16.0 Å². The van der Waals surface area contributed by atoms with Crippen molar-refractivity contribution in [1.29, 1.82) is 5.26 Å². The molecule has 3 aromatic heterocycles. The molecule has 6 aromatic rings. The molecule has 0 unspecified atom stereocenters. The summed E-state index contributed by atoms with van der Waals surface area (Å²) in [5.41, 5.74) is 10.0. The second-order valence-corrected chi connectivity index (χ2v) is 11.3. The van der Waals surface area contributed by atoms with Crippen LogP contribution in [0.15, 0.2) is 128 Å². The van der Waals surface area contributed by atoms with Crippen molar-refractivity contribution in [2.75, 3.05) is 4.90 Å². The van der Waals surface area contributed by atoms with Crippen LogP contribution in [-0.4, -0.2) is 37.4 Å². The maximum Gasteiger partial charge on any atom is 0.345 e. The molecule has 6 rings (SSSR count). The summed E-state index contributed by atoms with van der Waals surface area (Å²) in [5, 5.41) is 18.3. The van der Waals surface area contributed by atoms with Crippen LogP contribution >= 0.6 is 11.3 Å². The van der Waals surface area contributed by atoms with Crippen molar-refractivity contribution in [2.24, 2.45) is 5.73 Å². The van der Waals surface area contributed by atoms with Gasteiger partial charge in [-0.2, -0.15) is 5.26 Å². The normalized spacial score (nSPS) is 10.3. The van der Waals surface area contributed by atoms with Gasteiger partial charge in [0.2, 0.25) is 5.91 Å². The molecule has 0 bridgehead atoms. The fourth-order valence-corrected chi connectivity index (χ4v) is 5.45. The van der Waals surface area contributed by atoms with Gasteiger partial charge in [-0.3, -0.25) is 14.6 Å². The lowest BCUT2D eigenvalue weighted by atomic mass is 10.1. The molecule has 0 aliphatic carbocycles. The van der Waals surface area contributed by atoms with Crippen molar-refractivity contribution in [3.63, 3.8) is 0 Å². The van der Waals surface area contributed by atoms with Crippen molar-refractivity contribution in [1.82, 2.24) is 14.5 Å². The number of carbonyl (C=O) groups excluding carboxylic acids is 2. The van der Waals surface area contributed by atoms with Crippen LogP contribution in [0.2, 0.25) is 0 Å². The molecule has 11 heteroatoms. The Bertz CT molecular complexity index is 2020. The molecule has 0 radical (unpaired) electrons. The number of pyridine rings is 1. The molecule has 0 aliphatic heterocycles. The fraction of sp³-hybridized carbons (Fsp3) is 0.0556. The number of amides is 2. The number of benzene rings is 3. The monoisotopic (exact) mass is 640 g/mol. The van der Waals surface area contributed by atoms with Gasteiger partial charge in [0, 0.05) is 41.3 Å². The Hall–Kier alpha value is -6.38. The van der Waals surface area contributed by atoms with Gasteiger partial charge in [0.15, 0.2) is 0 Å². The number of carboxylic acid groups (broad SMARTS) is 1. The van der Waals surface area contributed by atoms with Crippen LogP contribution in [0.4, 0.5) is 5.69 Å². The molecule has 3 N–H and O–H groups in total. The minimum atomic E-state index is -0.949. The Morgan fingerprint density at radius 1 is 0.851 bits per heavy atom. The van der Waals surface area contributed by atoms with E-state index < -0.39 is 11.9 Å². The SMILES string of the molecule is N#Cc1ccc(Cn2cncc2CN(C(=O)c2ccccc2)c2ccc(-c3ccc(C(=O)O)s3)cc2)cc1.NC(=O)c1cccnc1. The van der Waals surface area contributed by atoms with E-state index in [1.807, 2.05) is 59.2 Å². The number of hydrogen-bond donors (Lipinski definition) is 2. The Morgan fingerprint density at radius 2 is 1.57 bits per heavy atom. The maximum atomic E-state index is 13.6. The van der Waals surface area contributed by atoms with E-state index in [0.717, 1.165) is 21.7 Å². The summed E-state index contributed by atoms with van der Waals surface area (Å²) in [6.07, 6.45) is 6.51. The average molecular weight is 641 g/mol. The molecule has 0 atom stereocenters. The zero-order valence-electron chi connectivity index (χ0n) is 24.9. The fourth-order valence-electron chi connectivity index (χ4n) is 4.60. The first-order valence-electron chi connectivity index (χ1n) is 14.3. The van der Waals surface area contributed by atoms with Gasteiger partial charge in [0.25, 0.3) is 5.91 Å². The van der Waals surface area contributed by atoms with E-state index in [-0.39, 0.29) is 10.8 Å². The number of thiophene rings is 1. The van der Waals surface area contributed by atoms with Crippen molar-refractivity contribution < 1.29 is 19.5 Å². The second-order valence-electron chi connectivity index (χ2n) is 10.2. The van der Waals surface area contributed by atoms with Gasteiger partial charge in [-0.15, -0.1) is 11.3 Å². The van der Waals surface area contributed by atoms with Crippen LogP contribution in [0.5, 0.6) is 0 Å². The largest absolute Gasteiger partial charge is 0.477 e. The van der Waals surface area contributed by atoms with Gasteiger partial charge in [0.1, 0.15) is 4.88 Å². The number of hydrogen-bond acceptors (Lipinski definition) is 7. The standard InChI is InChI=1S/C30H22N4O3S.C6H6N2O/c31-16-21-6-8-22(9-7-21)18-33-20-32-17-26(33)19-34(29(35)24-4-2-1-3-5-24)25-12-10-23(11-13-25)27-14-15-28(38-27)30(36)37;7-6(9)5-2-1-3-8-4-5/h1-15,17,20H,18-19H2,(H,36,37);1-4H,(H2,7,9). The van der Waals surface area contributed by atoms with Crippen molar-refractivity contribution in [3.05, 3.63) is 161 Å². The lowest BCUT2D eigenvalue weighted by Crippen LogP contribution is -2.31. The molecule has 0 fully saturated rings. The Kier molecular flexibility index (Phi) is 10.3. The predicted octanol–water partition coefficient (Wildman–Crippen LogP) is 6.26. The third kappa shape index (κ3) is 8.21. The molecule has 0 spiro atoms. The Balaban J connectivity index is 0.000000417. The minimum absolute atomic E-state index is 0.145. The first kappa shape index (κ1) is 32.0. The highest BCUT2D eigenvalue weighted by molar-refractivity contribution is 7.17. The van der Waals surface area contributed by atoms with Crippen LogP contribution in [0, 0.1) is 11.3 Å². The summed E-state index contributed by atoms with van der Waals surface area (Å²) in [7, 11) is 0. The van der Waals surface area contributed by atoms with E-state index in [1.54, 1.807) is 72.2 Å². The number of anilines is 1. The number of carboxylic acids is 1. The molecule has 0 saturated carbocycles. The van der Waals surface area contributed by atoms with Gasteiger partial charge in [0.05, 0.1) is 35.8 Å². The van der Waals surface area contributed by atoms with E-state index in [0.29, 0.717) is 35.5 Å². The highest BCUT2D eigenvalue weighted by Crippen LogP contribution is 2.30. The van der Waals surface area contributed by atoms with Gasteiger partial charge < -0.3 is 20.3 Å². The lowest BCUT2D eigenvalue weighted by molar-refractivity contribution is 0.0701. The minimum Gasteiger partial charge on any atom is -0.477 e. The molecule has 232 valence electrons. The number of rotatable bonds is 9. The predicted molar refractivity (Wildman–Crippen MR) is 179 cm³/mol. The molecule has 10 nitrogen and oxygen atoms in total. The summed E-state index contributed by atoms with van der Waals surface area (Å²) in [6.45, 7) is 0.850. The molecule has 2 amide bonds. The average Bonchev–Trinajstić information content (AvgIpc) is 3.79. The number of aromatic carboxylic acids is 1. The number of nitrogens with two attached hydrogens (primary N) is 1. The second kappa shape index (κ2) is 15.1. The number of carbonyl (C=O) groups is 3. The van der Waals surface area contributed by atoms with Gasteiger partial charge in [-0.05, 0) is 71.8 Å². The number of primary amides is 1. The first-order valence-corrected chi connectivity index (χ1v) is 15.1. The smallest absolute Gasteiger partial charge is 0.345 e. The molecule has 47 heavy (non-hydrogen) atoms. The van der Waals surface area contributed by atoms with E-state index >= 15 is 0 Å². The number of nitrogens with zero attached hydrogens (tertiary/aromatic N) is 5. The zero-order chi connectivity index (χ0) is 33.2. The Labute approximate surface area is 274 Å². The van der Waals surface area contributed by atoms with Crippen LogP contribution in [0.3, 0.4) is 0 Å². The summed E-state index contributed by atoms with van der Waals surface area (Å²) >= 11 is 1.21. The Morgan fingerprint density at radius 3 is 2.17 bits per heavy atom. The summed E-state index contributed by atoms with van der Waals surface area (Å²) in [6, 6.07) is 32.8. The van der Waals surface area contributed by atoms with Crippen LogP contribution < -0.4 is 10.6 Å². The van der Waals surface area contributed by atoms with Gasteiger partial charge >= 0.3 is 5.97 Å². The molecule has 3 heterocycles. The van der Waals surface area contributed by atoms with Crippen molar-refractivity contribution >= 4 is 34.8 Å². The van der Waals surface area contributed by atoms with E-state index in [9.17, 15) is 19.5 Å². The molecule has 0 saturated heterocycles. The zero-order valence-corrected chi connectivity index (χ0v) is 25.7. The van der Waals surface area contributed by atoms with Crippen LogP contribution in [0.25, 0.3) is 10.4 Å².